The van der Waals surface area contributed by atoms with E-state index in [1.165, 1.54) is 30.0 Å². The van der Waals surface area contributed by atoms with E-state index in [0.717, 1.165) is 11.8 Å². The fourth-order valence-electron chi connectivity index (χ4n) is 2.43. The lowest BCUT2D eigenvalue weighted by molar-refractivity contribution is -0.117. The number of carboxylic acids is 2. The molecule has 122 valence electrons. The molecule has 0 spiro atoms. The number of rotatable bonds is 5. The molecule has 8 heteroatoms. The second-order valence-corrected chi connectivity index (χ2v) is 6.42. The molecule has 2 rings (SSSR count). The number of carboxylic acid groups (broad SMARTS) is 2. The number of nitrogens with zero attached hydrogens (tertiary/aromatic N) is 1. The molecule has 1 aliphatic rings. The lowest BCUT2D eigenvalue weighted by atomic mass is 10.1. The average molecular weight is 337 g/mol. The zero-order valence-electron chi connectivity index (χ0n) is 12.3. The van der Waals surface area contributed by atoms with Gasteiger partial charge in [0.25, 0.3) is 0 Å². The van der Waals surface area contributed by atoms with Crippen molar-refractivity contribution >= 4 is 40.4 Å². The molecule has 7 nitrogen and oxygen atoms in total. The number of anilines is 1. The van der Waals surface area contributed by atoms with E-state index in [4.69, 9.17) is 5.11 Å². The maximum Gasteiger partial charge on any atom is 0.337 e. The Morgan fingerprint density at radius 3 is 2.52 bits per heavy atom. The van der Waals surface area contributed by atoms with Gasteiger partial charge in [-0.15, -0.1) is 0 Å². The quantitative estimate of drug-likeness (QED) is 0.841. The van der Waals surface area contributed by atoms with Crippen molar-refractivity contribution in [2.45, 2.75) is 13.3 Å². The summed E-state index contributed by atoms with van der Waals surface area (Å²) in [5, 5.41) is 18.3. The Kier molecular flexibility index (Phi) is 5.05. The van der Waals surface area contributed by atoms with Crippen LogP contribution in [0.25, 0.3) is 0 Å². The number of aromatic carboxylic acids is 2. The zero-order valence-corrected chi connectivity index (χ0v) is 13.1. The van der Waals surface area contributed by atoms with Gasteiger partial charge in [-0.2, -0.15) is 0 Å². The van der Waals surface area contributed by atoms with E-state index < -0.39 is 11.9 Å². The van der Waals surface area contributed by atoms with Crippen LogP contribution in [0.3, 0.4) is 0 Å². The highest BCUT2D eigenvalue weighted by Crippen LogP contribution is 2.31. The summed E-state index contributed by atoms with van der Waals surface area (Å²) in [5.74, 6) is -2.31. The normalized spacial score (nSPS) is 17.3. The molecule has 1 unspecified atom stereocenters. The van der Waals surface area contributed by atoms with E-state index in [1.54, 1.807) is 0 Å². The highest BCUT2D eigenvalue weighted by molar-refractivity contribution is 8.13. The smallest absolute Gasteiger partial charge is 0.337 e. The third-order valence-corrected chi connectivity index (χ3v) is 4.54. The lowest BCUT2D eigenvalue weighted by Gasteiger charge is -2.19. The molecule has 1 aromatic rings. The molecule has 1 saturated heterocycles. The molecule has 1 fully saturated rings. The largest absolute Gasteiger partial charge is 0.478 e. The van der Waals surface area contributed by atoms with Crippen molar-refractivity contribution in [3.8, 4) is 0 Å². The maximum atomic E-state index is 12.2. The number of hydrogen-bond donors (Lipinski definition) is 2. The summed E-state index contributed by atoms with van der Waals surface area (Å²) in [4.78, 5) is 46.9. The molecule has 2 N–H and O–H groups in total. The first-order valence-electron chi connectivity index (χ1n) is 6.84. The van der Waals surface area contributed by atoms with Crippen molar-refractivity contribution in [2.24, 2.45) is 5.92 Å². The highest BCUT2D eigenvalue weighted by atomic mass is 32.2. The maximum absolute atomic E-state index is 12.2. The Labute approximate surface area is 136 Å². The number of benzene rings is 1. The van der Waals surface area contributed by atoms with E-state index in [9.17, 15) is 24.3 Å². The van der Waals surface area contributed by atoms with Gasteiger partial charge in [0.2, 0.25) is 5.91 Å². The van der Waals surface area contributed by atoms with Crippen LogP contribution in [0.2, 0.25) is 0 Å². The van der Waals surface area contributed by atoms with Crippen molar-refractivity contribution in [3.63, 3.8) is 0 Å². The van der Waals surface area contributed by atoms with Crippen molar-refractivity contribution in [2.75, 3.05) is 17.2 Å². The van der Waals surface area contributed by atoms with Gasteiger partial charge in [0.15, 0.2) is 5.12 Å². The second kappa shape index (κ2) is 6.82. The van der Waals surface area contributed by atoms with Gasteiger partial charge in [0.05, 0.1) is 16.8 Å². The summed E-state index contributed by atoms with van der Waals surface area (Å²) in [6.45, 7) is 1.71. The molecule has 0 aliphatic carbocycles. The fourth-order valence-corrected chi connectivity index (χ4v) is 3.12. The zero-order chi connectivity index (χ0) is 17.1. The van der Waals surface area contributed by atoms with Crippen molar-refractivity contribution in [1.29, 1.82) is 0 Å². The van der Waals surface area contributed by atoms with Crippen LogP contribution in [0.4, 0.5) is 5.69 Å². The molecule has 23 heavy (non-hydrogen) atoms. The predicted octanol–water partition coefficient (Wildman–Crippen LogP) is 1.72. The molecular weight excluding hydrogens is 322 g/mol. The SMILES string of the molecule is CC(=O)SCC1CC(=O)N(c2cc(C(=O)O)ccc2C(=O)O)C1. The third kappa shape index (κ3) is 3.89. The van der Waals surface area contributed by atoms with E-state index in [-0.39, 0.29) is 46.7 Å². The standard InChI is InChI=1S/C15H15NO6S/c1-8(17)23-7-9-4-13(18)16(6-9)12-5-10(14(19)20)2-3-11(12)15(21)22/h2-3,5,9H,4,6-7H2,1H3,(H,19,20)(H,21,22). The molecule has 1 aliphatic heterocycles. The molecule has 1 heterocycles. The summed E-state index contributed by atoms with van der Waals surface area (Å²) in [6, 6.07) is 3.58. The topological polar surface area (TPSA) is 112 Å². The minimum absolute atomic E-state index is 0.0463. The number of amides is 1. The van der Waals surface area contributed by atoms with E-state index in [0.29, 0.717) is 5.75 Å². The van der Waals surface area contributed by atoms with Crippen LogP contribution < -0.4 is 4.90 Å². The molecule has 1 amide bonds. The summed E-state index contributed by atoms with van der Waals surface area (Å²) in [7, 11) is 0. The molecule has 1 aromatic carbocycles. The van der Waals surface area contributed by atoms with Gasteiger partial charge in [-0.25, -0.2) is 9.59 Å². The van der Waals surface area contributed by atoms with Gasteiger partial charge < -0.3 is 15.1 Å². The van der Waals surface area contributed by atoms with E-state index >= 15 is 0 Å². The van der Waals surface area contributed by atoms with Crippen LogP contribution in [0.15, 0.2) is 18.2 Å². The van der Waals surface area contributed by atoms with Crippen LogP contribution in [0, 0.1) is 5.92 Å². The average Bonchev–Trinajstić information content (AvgIpc) is 2.85. The Morgan fingerprint density at radius 2 is 1.96 bits per heavy atom. The number of carbonyl (C=O) groups is 4. The van der Waals surface area contributed by atoms with Crippen LogP contribution in [0.5, 0.6) is 0 Å². The van der Waals surface area contributed by atoms with Crippen LogP contribution in [-0.2, 0) is 9.59 Å². The number of hydrogen-bond acceptors (Lipinski definition) is 5. The highest BCUT2D eigenvalue weighted by Gasteiger charge is 2.33. The predicted molar refractivity (Wildman–Crippen MR) is 84.0 cm³/mol. The molecule has 0 saturated carbocycles. The van der Waals surface area contributed by atoms with Gasteiger partial charge in [-0.05, 0) is 24.1 Å². The van der Waals surface area contributed by atoms with Crippen LogP contribution in [-0.4, -0.2) is 45.5 Å². The fraction of sp³-hybridized carbons (Fsp3) is 0.333. The first-order chi connectivity index (χ1) is 10.8. The minimum Gasteiger partial charge on any atom is -0.478 e. The van der Waals surface area contributed by atoms with Gasteiger partial charge in [0, 0.05) is 25.6 Å². The lowest BCUT2D eigenvalue weighted by Crippen LogP contribution is -2.27. The molecule has 0 aromatic heterocycles. The molecule has 0 bridgehead atoms. The van der Waals surface area contributed by atoms with Crippen molar-refractivity contribution in [3.05, 3.63) is 29.3 Å². The first kappa shape index (κ1) is 17.0. The van der Waals surface area contributed by atoms with Gasteiger partial charge in [-0.3, -0.25) is 9.59 Å². The van der Waals surface area contributed by atoms with Gasteiger partial charge in [0.1, 0.15) is 0 Å². The van der Waals surface area contributed by atoms with Crippen molar-refractivity contribution in [1.82, 2.24) is 0 Å². The summed E-state index contributed by atoms with van der Waals surface area (Å²) >= 11 is 1.12. The van der Waals surface area contributed by atoms with E-state index in [1.807, 2.05) is 0 Å². The summed E-state index contributed by atoms with van der Waals surface area (Å²) < 4.78 is 0. The Bertz CT molecular complexity index is 687. The third-order valence-electron chi connectivity index (χ3n) is 3.49. The summed E-state index contributed by atoms with van der Waals surface area (Å²) in [6.07, 6.45) is 0.205. The van der Waals surface area contributed by atoms with Crippen LogP contribution in [0.1, 0.15) is 34.1 Å². The molecular formula is C15H15NO6S. The molecule has 0 radical (unpaired) electrons. The Balaban J connectivity index is 2.31. The van der Waals surface area contributed by atoms with Crippen molar-refractivity contribution < 1.29 is 29.4 Å². The monoisotopic (exact) mass is 337 g/mol. The first-order valence-corrected chi connectivity index (χ1v) is 7.82. The Hall–Kier alpha value is -2.35. The van der Waals surface area contributed by atoms with Gasteiger partial charge in [-0.1, -0.05) is 11.8 Å². The Morgan fingerprint density at radius 1 is 1.26 bits per heavy atom. The van der Waals surface area contributed by atoms with E-state index in [2.05, 4.69) is 0 Å². The van der Waals surface area contributed by atoms with Crippen LogP contribution >= 0.6 is 11.8 Å². The van der Waals surface area contributed by atoms with Gasteiger partial charge >= 0.3 is 11.9 Å². The summed E-state index contributed by atoms with van der Waals surface area (Å²) in [5.41, 5.74) is -0.125. The molecule has 1 atom stereocenters. The number of thioether (sulfide) groups is 1. The second-order valence-electron chi connectivity index (χ2n) is 5.22. The minimum atomic E-state index is -1.23. The number of carbonyl (C=O) groups excluding carboxylic acids is 2.